The van der Waals surface area contributed by atoms with Crippen molar-refractivity contribution in [2.45, 2.75) is 57.3 Å². The Bertz CT molecular complexity index is 824. The van der Waals surface area contributed by atoms with Crippen LogP contribution in [0, 0.1) is 0 Å². The number of aliphatic hydroxyl groups is 1. The molecule has 0 saturated carbocycles. The van der Waals surface area contributed by atoms with Gasteiger partial charge >= 0.3 is 0 Å². The van der Waals surface area contributed by atoms with Crippen LogP contribution in [0.15, 0.2) is 42.5 Å². The van der Waals surface area contributed by atoms with Crippen molar-refractivity contribution in [3.05, 3.63) is 59.2 Å². The van der Waals surface area contributed by atoms with Crippen LogP contribution >= 0.6 is 0 Å². The number of likely N-dealkylation sites (tertiary alicyclic amines) is 1. The van der Waals surface area contributed by atoms with Crippen LogP contribution in [-0.2, 0) is 18.4 Å². The predicted molar refractivity (Wildman–Crippen MR) is 111 cm³/mol. The number of aliphatic hydroxyl groups excluding tert-OH is 1. The monoisotopic (exact) mass is 381 g/mol. The van der Waals surface area contributed by atoms with Crippen molar-refractivity contribution in [2.24, 2.45) is 0 Å². The molecule has 28 heavy (non-hydrogen) atoms. The normalized spacial score (nSPS) is 21.1. The lowest BCUT2D eigenvalue weighted by Gasteiger charge is -2.42. The molecule has 1 N–H and O–H groups in total. The smallest absolute Gasteiger partial charge is 0.161 e. The van der Waals surface area contributed by atoms with Gasteiger partial charge < -0.3 is 14.6 Å². The number of hydrogen-bond donors (Lipinski definition) is 1. The number of rotatable bonds is 5. The van der Waals surface area contributed by atoms with E-state index in [1.807, 2.05) is 19.9 Å². The van der Waals surface area contributed by atoms with E-state index < -0.39 is 0 Å². The number of methoxy groups -OCH3 is 1. The maximum atomic E-state index is 10.8. The van der Waals surface area contributed by atoms with Crippen LogP contribution in [0.2, 0.25) is 0 Å². The second-order valence-electron chi connectivity index (χ2n) is 8.46. The Hall–Kier alpha value is -2.04. The third-order valence-corrected chi connectivity index (χ3v) is 6.35. The third kappa shape index (κ3) is 3.51. The fourth-order valence-electron chi connectivity index (χ4n) is 4.90. The van der Waals surface area contributed by atoms with E-state index in [9.17, 15) is 5.11 Å². The zero-order valence-corrected chi connectivity index (χ0v) is 17.1. The van der Waals surface area contributed by atoms with Crippen LogP contribution < -0.4 is 9.47 Å². The minimum absolute atomic E-state index is 0.0558. The second-order valence-corrected chi connectivity index (χ2v) is 8.46. The van der Waals surface area contributed by atoms with Gasteiger partial charge in [0.15, 0.2) is 11.5 Å². The molecule has 1 aliphatic heterocycles. The number of benzene rings is 2. The first-order chi connectivity index (χ1) is 13.5. The molecule has 2 aliphatic rings. The van der Waals surface area contributed by atoms with E-state index in [1.165, 1.54) is 16.7 Å². The van der Waals surface area contributed by atoms with Gasteiger partial charge in [-0.1, -0.05) is 30.3 Å². The summed E-state index contributed by atoms with van der Waals surface area (Å²) in [6.07, 6.45) is 2.69. The largest absolute Gasteiger partial charge is 0.493 e. The summed E-state index contributed by atoms with van der Waals surface area (Å²) >= 11 is 0. The molecule has 1 spiro atoms. The van der Waals surface area contributed by atoms with E-state index >= 15 is 0 Å². The molecule has 150 valence electrons. The molecule has 0 unspecified atom stereocenters. The average molecular weight is 382 g/mol. The van der Waals surface area contributed by atoms with Gasteiger partial charge in [0.1, 0.15) is 0 Å². The summed E-state index contributed by atoms with van der Waals surface area (Å²) in [4.78, 5) is 2.48. The summed E-state index contributed by atoms with van der Waals surface area (Å²) in [6, 6.07) is 14.8. The highest BCUT2D eigenvalue weighted by molar-refractivity contribution is 5.44. The fourth-order valence-corrected chi connectivity index (χ4v) is 4.90. The van der Waals surface area contributed by atoms with Crippen LogP contribution in [0.1, 0.15) is 43.4 Å². The topological polar surface area (TPSA) is 41.9 Å². The third-order valence-electron chi connectivity index (χ3n) is 6.35. The molecule has 4 nitrogen and oxygen atoms in total. The summed E-state index contributed by atoms with van der Waals surface area (Å²) < 4.78 is 11.4. The molecule has 1 heterocycles. The number of nitrogens with zero attached hydrogens (tertiary/aromatic N) is 1. The molecular weight excluding hydrogens is 350 g/mol. The molecule has 0 radical (unpaired) electrons. The molecule has 2 aromatic rings. The summed E-state index contributed by atoms with van der Waals surface area (Å²) in [7, 11) is 1.69. The molecule has 4 heteroatoms. The molecule has 1 atom stereocenters. The highest BCUT2D eigenvalue weighted by Crippen LogP contribution is 2.46. The van der Waals surface area contributed by atoms with Crippen molar-refractivity contribution >= 4 is 0 Å². The standard InChI is InChI=1S/C24H31NO3/c1-17(2)28-21-9-8-18(14-22(21)27-3)16-25-12-10-24(11-13-25)20-7-5-4-6-19(20)15-23(24)26/h4-9,14,17,23,26H,10-13,15-16H2,1-3H3/t23-/m1/s1. The molecule has 0 bridgehead atoms. The van der Waals surface area contributed by atoms with E-state index in [2.05, 4.69) is 41.3 Å². The van der Waals surface area contributed by atoms with Crippen LogP contribution in [0.5, 0.6) is 11.5 Å². The number of ether oxygens (including phenoxy) is 2. The molecule has 1 saturated heterocycles. The van der Waals surface area contributed by atoms with E-state index in [1.54, 1.807) is 7.11 Å². The molecule has 1 fully saturated rings. The van der Waals surface area contributed by atoms with Crippen LogP contribution in [0.4, 0.5) is 0 Å². The molecule has 4 rings (SSSR count). The van der Waals surface area contributed by atoms with Gasteiger partial charge in [-0.2, -0.15) is 0 Å². The van der Waals surface area contributed by atoms with Crippen molar-refractivity contribution in [2.75, 3.05) is 20.2 Å². The van der Waals surface area contributed by atoms with Crippen molar-refractivity contribution in [3.63, 3.8) is 0 Å². The lowest BCUT2D eigenvalue weighted by atomic mass is 9.72. The summed E-state index contributed by atoms with van der Waals surface area (Å²) in [5, 5.41) is 10.8. The summed E-state index contributed by atoms with van der Waals surface area (Å²) in [5.74, 6) is 1.59. The van der Waals surface area contributed by atoms with Crippen molar-refractivity contribution in [3.8, 4) is 11.5 Å². The first-order valence-corrected chi connectivity index (χ1v) is 10.3. The van der Waals surface area contributed by atoms with Crippen LogP contribution in [-0.4, -0.2) is 42.4 Å². The fraction of sp³-hybridized carbons (Fsp3) is 0.500. The first kappa shape index (κ1) is 19.3. The average Bonchev–Trinajstić information content (AvgIpc) is 2.96. The number of piperidine rings is 1. The molecular formula is C24H31NO3. The Balaban J connectivity index is 1.44. The van der Waals surface area contributed by atoms with E-state index in [0.717, 1.165) is 50.4 Å². The Kier molecular flexibility index (Phi) is 5.35. The Morgan fingerprint density at radius 1 is 1.11 bits per heavy atom. The number of hydrogen-bond acceptors (Lipinski definition) is 4. The maximum Gasteiger partial charge on any atom is 0.161 e. The van der Waals surface area contributed by atoms with Crippen molar-refractivity contribution in [1.29, 1.82) is 0 Å². The quantitative estimate of drug-likeness (QED) is 0.852. The van der Waals surface area contributed by atoms with Crippen LogP contribution in [0.25, 0.3) is 0 Å². The molecule has 1 aliphatic carbocycles. The van der Waals surface area contributed by atoms with Crippen molar-refractivity contribution < 1.29 is 14.6 Å². The van der Waals surface area contributed by atoms with Gasteiger partial charge in [0, 0.05) is 12.0 Å². The first-order valence-electron chi connectivity index (χ1n) is 10.3. The van der Waals surface area contributed by atoms with Gasteiger partial charge in [0.2, 0.25) is 0 Å². The predicted octanol–water partition coefficient (Wildman–Crippen LogP) is 3.93. The molecule has 2 aromatic carbocycles. The number of fused-ring (bicyclic) bond motifs is 2. The summed E-state index contributed by atoms with van der Waals surface area (Å²) in [6.45, 7) is 6.93. The van der Waals surface area contributed by atoms with E-state index in [4.69, 9.17) is 9.47 Å². The Labute approximate surface area is 168 Å². The lowest BCUT2D eigenvalue weighted by Crippen LogP contribution is -2.47. The molecule has 0 aromatic heterocycles. The SMILES string of the molecule is COc1cc(CN2CCC3(CC2)c2ccccc2C[C@H]3O)ccc1OC(C)C. The van der Waals surface area contributed by atoms with Gasteiger partial charge in [0.05, 0.1) is 19.3 Å². The van der Waals surface area contributed by atoms with Gasteiger partial charge in [-0.3, -0.25) is 4.90 Å². The molecule has 0 amide bonds. The minimum Gasteiger partial charge on any atom is -0.493 e. The van der Waals surface area contributed by atoms with E-state index in [-0.39, 0.29) is 17.6 Å². The second kappa shape index (κ2) is 7.76. The van der Waals surface area contributed by atoms with Gasteiger partial charge in [-0.05, 0) is 75.0 Å². The van der Waals surface area contributed by atoms with Crippen LogP contribution in [0.3, 0.4) is 0 Å². The van der Waals surface area contributed by atoms with Crippen molar-refractivity contribution in [1.82, 2.24) is 4.90 Å². The minimum atomic E-state index is -0.250. The van der Waals surface area contributed by atoms with Gasteiger partial charge in [-0.15, -0.1) is 0 Å². The van der Waals surface area contributed by atoms with E-state index in [0.29, 0.717) is 0 Å². The lowest BCUT2D eigenvalue weighted by molar-refractivity contribution is 0.0413. The highest BCUT2D eigenvalue weighted by Gasteiger charge is 2.47. The summed E-state index contributed by atoms with van der Waals surface area (Å²) in [5.41, 5.74) is 3.88. The Morgan fingerprint density at radius 2 is 1.86 bits per heavy atom. The maximum absolute atomic E-state index is 10.8. The zero-order chi connectivity index (χ0) is 19.7. The Morgan fingerprint density at radius 3 is 2.57 bits per heavy atom. The zero-order valence-electron chi connectivity index (χ0n) is 17.1. The van der Waals surface area contributed by atoms with Gasteiger partial charge in [0.25, 0.3) is 0 Å². The van der Waals surface area contributed by atoms with Gasteiger partial charge in [-0.25, -0.2) is 0 Å². The highest BCUT2D eigenvalue weighted by atomic mass is 16.5.